The number of nitrogens with zero attached hydrogens (tertiary/aromatic N) is 3. The molecule has 0 radical (unpaired) electrons. The van der Waals surface area contributed by atoms with Crippen molar-refractivity contribution in [1.82, 2.24) is 15.1 Å². The monoisotopic (exact) mass is 372 g/mol. The maximum atomic E-state index is 5.51. The highest BCUT2D eigenvalue weighted by Crippen LogP contribution is 2.28. The molecule has 140 valence electrons. The Kier molecular flexibility index (Phi) is 5.01. The molecule has 6 nitrogen and oxygen atoms in total. The van der Waals surface area contributed by atoms with Crippen molar-refractivity contribution in [2.75, 3.05) is 12.4 Å². The van der Waals surface area contributed by atoms with Crippen molar-refractivity contribution < 1.29 is 9.26 Å². The largest absolute Gasteiger partial charge is 0.496 e. The van der Waals surface area contributed by atoms with E-state index >= 15 is 0 Å². The van der Waals surface area contributed by atoms with Gasteiger partial charge >= 0.3 is 0 Å². The topological polar surface area (TPSA) is 73.1 Å². The Morgan fingerprint density at radius 3 is 2.64 bits per heavy atom. The zero-order valence-electron chi connectivity index (χ0n) is 15.7. The zero-order chi connectivity index (χ0) is 19.3. The molecule has 0 bridgehead atoms. The van der Waals surface area contributed by atoms with Crippen molar-refractivity contribution in [2.24, 2.45) is 0 Å². The predicted octanol–water partition coefficient (Wildman–Crippen LogP) is 4.73. The predicted molar refractivity (Wildman–Crippen MR) is 108 cm³/mol. The van der Waals surface area contributed by atoms with Gasteiger partial charge in [-0.2, -0.15) is 4.98 Å². The molecule has 28 heavy (non-hydrogen) atoms. The lowest BCUT2D eigenvalue weighted by atomic mass is 10.1. The standard InChI is InChI=1S/C22H20N4O2/c1-15-9-11-16(12-10-15)20-25-22(28-26-20)18-7-5-13-23-21(18)24-14-17-6-3-4-8-19(17)27-2/h3-13H,14H2,1-2H3,(H,23,24). The fraction of sp³-hybridized carbons (Fsp3) is 0.136. The van der Waals surface area contributed by atoms with Gasteiger partial charge in [0.15, 0.2) is 0 Å². The Hall–Kier alpha value is -3.67. The van der Waals surface area contributed by atoms with Gasteiger partial charge in [-0.25, -0.2) is 4.98 Å². The maximum absolute atomic E-state index is 5.51. The number of aryl methyl sites for hydroxylation is 1. The first-order valence-corrected chi connectivity index (χ1v) is 8.96. The van der Waals surface area contributed by atoms with E-state index in [0.717, 1.165) is 22.4 Å². The second-order valence-electron chi connectivity index (χ2n) is 6.35. The van der Waals surface area contributed by atoms with Gasteiger partial charge in [0, 0.05) is 23.9 Å². The van der Waals surface area contributed by atoms with Crippen molar-refractivity contribution in [2.45, 2.75) is 13.5 Å². The van der Waals surface area contributed by atoms with Crippen molar-refractivity contribution in [3.05, 3.63) is 78.0 Å². The summed E-state index contributed by atoms with van der Waals surface area (Å²) in [5.41, 5.74) is 3.88. The minimum Gasteiger partial charge on any atom is -0.496 e. The third-order valence-corrected chi connectivity index (χ3v) is 4.41. The third kappa shape index (κ3) is 3.71. The highest BCUT2D eigenvalue weighted by atomic mass is 16.5. The van der Waals surface area contributed by atoms with E-state index in [1.165, 1.54) is 5.56 Å². The molecule has 0 saturated carbocycles. The van der Waals surface area contributed by atoms with Gasteiger partial charge in [-0.05, 0) is 25.1 Å². The first-order valence-electron chi connectivity index (χ1n) is 8.96. The Labute approximate surface area is 163 Å². The number of anilines is 1. The number of ether oxygens (including phenoxy) is 1. The fourth-order valence-corrected chi connectivity index (χ4v) is 2.90. The molecule has 4 rings (SSSR count). The molecule has 6 heteroatoms. The van der Waals surface area contributed by atoms with Crippen LogP contribution in [0.1, 0.15) is 11.1 Å². The molecule has 0 spiro atoms. The highest BCUT2D eigenvalue weighted by Gasteiger charge is 2.15. The van der Waals surface area contributed by atoms with Crippen LogP contribution in [0.15, 0.2) is 71.4 Å². The van der Waals surface area contributed by atoms with E-state index in [2.05, 4.69) is 20.4 Å². The molecule has 0 aliphatic carbocycles. The summed E-state index contributed by atoms with van der Waals surface area (Å²) in [5.74, 6) is 2.47. The summed E-state index contributed by atoms with van der Waals surface area (Å²) in [6.07, 6.45) is 1.73. The van der Waals surface area contributed by atoms with E-state index in [1.807, 2.05) is 67.6 Å². The zero-order valence-corrected chi connectivity index (χ0v) is 15.7. The van der Waals surface area contributed by atoms with E-state index in [1.54, 1.807) is 13.3 Å². The molecule has 2 aromatic heterocycles. The van der Waals surface area contributed by atoms with Crippen LogP contribution in [0.3, 0.4) is 0 Å². The third-order valence-electron chi connectivity index (χ3n) is 4.41. The molecule has 0 fully saturated rings. The van der Waals surface area contributed by atoms with Crippen LogP contribution in [0.25, 0.3) is 22.8 Å². The first-order chi connectivity index (χ1) is 13.7. The van der Waals surface area contributed by atoms with Crippen LogP contribution in [0.5, 0.6) is 5.75 Å². The van der Waals surface area contributed by atoms with E-state index in [4.69, 9.17) is 9.26 Å². The SMILES string of the molecule is COc1ccccc1CNc1ncccc1-c1nc(-c2ccc(C)cc2)no1. The van der Waals surface area contributed by atoms with E-state index in [-0.39, 0.29) is 0 Å². The molecule has 0 aliphatic heterocycles. The number of benzene rings is 2. The average molecular weight is 372 g/mol. The molecule has 2 heterocycles. The minimum absolute atomic E-state index is 0.422. The van der Waals surface area contributed by atoms with Crippen LogP contribution in [-0.2, 0) is 6.54 Å². The molecule has 0 saturated heterocycles. The number of methoxy groups -OCH3 is 1. The van der Waals surface area contributed by atoms with Crippen LogP contribution < -0.4 is 10.1 Å². The lowest BCUT2D eigenvalue weighted by Crippen LogP contribution is -2.04. The Balaban J connectivity index is 1.59. The number of hydrogen-bond acceptors (Lipinski definition) is 6. The molecular weight excluding hydrogens is 352 g/mol. The number of para-hydroxylation sites is 1. The number of aromatic nitrogens is 3. The first kappa shape index (κ1) is 17.7. The van der Waals surface area contributed by atoms with Crippen molar-refractivity contribution in [3.8, 4) is 28.6 Å². The summed E-state index contributed by atoms with van der Waals surface area (Å²) < 4.78 is 10.9. The van der Waals surface area contributed by atoms with Crippen LogP contribution in [0.2, 0.25) is 0 Å². The van der Waals surface area contributed by atoms with Crippen LogP contribution in [0.4, 0.5) is 5.82 Å². The van der Waals surface area contributed by atoms with Gasteiger partial charge in [0.1, 0.15) is 11.6 Å². The fourth-order valence-electron chi connectivity index (χ4n) is 2.90. The number of rotatable bonds is 6. The molecule has 0 amide bonds. The highest BCUT2D eigenvalue weighted by molar-refractivity contribution is 5.70. The second kappa shape index (κ2) is 7.92. The van der Waals surface area contributed by atoms with Gasteiger partial charge in [0.2, 0.25) is 5.82 Å². The Morgan fingerprint density at radius 1 is 1.00 bits per heavy atom. The average Bonchev–Trinajstić information content (AvgIpc) is 3.23. The van der Waals surface area contributed by atoms with Crippen LogP contribution in [-0.4, -0.2) is 22.2 Å². The summed E-state index contributed by atoms with van der Waals surface area (Å²) in [5, 5.41) is 7.46. The molecule has 1 N–H and O–H groups in total. The number of pyridine rings is 1. The van der Waals surface area contributed by atoms with Gasteiger partial charge in [-0.3, -0.25) is 0 Å². The minimum atomic E-state index is 0.422. The maximum Gasteiger partial charge on any atom is 0.261 e. The van der Waals surface area contributed by atoms with Crippen molar-refractivity contribution >= 4 is 5.82 Å². The Morgan fingerprint density at radius 2 is 1.82 bits per heavy atom. The van der Waals surface area contributed by atoms with E-state index in [9.17, 15) is 0 Å². The quantitative estimate of drug-likeness (QED) is 0.528. The lowest BCUT2D eigenvalue weighted by Gasteiger charge is -2.11. The summed E-state index contributed by atoms with van der Waals surface area (Å²) in [7, 11) is 1.66. The van der Waals surface area contributed by atoms with Gasteiger partial charge in [0.05, 0.1) is 12.7 Å². The van der Waals surface area contributed by atoms with Crippen LogP contribution in [0, 0.1) is 6.92 Å². The number of hydrogen-bond donors (Lipinski definition) is 1. The van der Waals surface area contributed by atoms with Gasteiger partial charge in [0.25, 0.3) is 5.89 Å². The summed E-state index contributed by atoms with van der Waals surface area (Å²) in [4.78, 5) is 8.99. The number of nitrogens with one attached hydrogen (secondary N) is 1. The van der Waals surface area contributed by atoms with Gasteiger partial charge in [-0.15, -0.1) is 0 Å². The molecule has 2 aromatic carbocycles. The van der Waals surface area contributed by atoms with Crippen molar-refractivity contribution in [3.63, 3.8) is 0 Å². The summed E-state index contributed by atoms with van der Waals surface area (Å²) >= 11 is 0. The van der Waals surface area contributed by atoms with Crippen LogP contribution >= 0.6 is 0 Å². The summed E-state index contributed by atoms with van der Waals surface area (Å²) in [6.45, 7) is 2.60. The second-order valence-corrected chi connectivity index (χ2v) is 6.35. The molecule has 0 aliphatic rings. The Bertz CT molecular complexity index is 1070. The summed E-state index contributed by atoms with van der Waals surface area (Å²) in [6, 6.07) is 19.6. The lowest BCUT2D eigenvalue weighted by molar-refractivity contribution is 0.410. The molecular formula is C22H20N4O2. The van der Waals surface area contributed by atoms with Gasteiger partial charge < -0.3 is 14.6 Å². The normalized spacial score (nSPS) is 10.6. The van der Waals surface area contributed by atoms with Crippen molar-refractivity contribution in [1.29, 1.82) is 0 Å². The van der Waals surface area contributed by atoms with E-state index in [0.29, 0.717) is 24.1 Å². The smallest absolute Gasteiger partial charge is 0.261 e. The molecule has 0 atom stereocenters. The van der Waals surface area contributed by atoms with E-state index < -0.39 is 0 Å². The van der Waals surface area contributed by atoms with Gasteiger partial charge in [-0.1, -0.05) is 53.2 Å². The molecule has 0 unspecified atom stereocenters. The molecule has 4 aromatic rings.